The molecule has 1 atom stereocenters. The van der Waals surface area contributed by atoms with E-state index in [1.54, 1.807) is 6.92 Å². The molecule has 0 aromatic carbocycles. The summed E-state index contributed by atoms with van der Waals surface area (Å²) in [4.78, 5) is 13.4. The van der Waals surface area contributed by atoms with Crippen LogP contribution < -0.4 is 5.32 Å². The number of nitrogens with zero attached hydrogens (tertiary/aromatic N) is 1. The first-order chi connectivity index (χ1) is 6.89. The van der Waals surface area contributed by atoms with Crippen LogP contribution in [0.5, 0.6) is 0 Å². The first kappa shape index (κ1) is 12.5. The van der Waals surface area contributed by atoms with Crippen molar-refractivity contribution in [2.45, 2.75) is 46.1 Å². The van der Waals surface area contributed by atoms with E-state index in [2.05, 4.69) is 31.0 Å². The molecule has 0 bridgehead atoms. The Labute approximate surface area is 93.2 Å². The zero-order valence-electron chi connectivity index (χ0n) is 10.5. The predicted molar refractivity (Wildman–Crippen MR) is 62.7 cm³/mol. The van der Waals surface area contributed by atoms with Gasteiger partial charge in [0.15, 0.2) is 0 Å². The van der Waals surface area contributed by atoms with Crippen LogP contribution in [-0.2, 0) is 4.79 Å². The lowest BCUT2D eigenvalue weighted by atomic mass is 9.93. The highest BCUT2D eigenvalue weighted by atomic mass is 16.1. The van der Waals surface area contributed by atoms with Gasteiger partial charge in [-0.2, -0.15) is 0 Å². The molecule has 1 rings (SSSR count). The Bertz CT molecular complexity index is 220. The molecule has 0 aromatic rings. The molecule has 0 aliphatic carbocycles. The molecule has 1 aliphatic heterocycles. The highest BCUT2D eigenvalue weighted by Gasteiger charge is 2.27. The van der Waals surface area contributed by atoms with Gasteiger partial charge in [0, 0.05) is 25.6 Å². The van der Waals surface area contributed by atoms with E-state index in [0.717, 1.165) is 13.1 Å². The summed E-state index contributed by atoms with van der Waals surface area (Å²) in [6, 6.07) is 0. The monoisotopic (exact) mass is 212 g/mol. The first-order valence-electron chi connectivity index (χ1n) is 5.89. The van der Waals surface area contributed by atoms with Crippen molar-refractivity contribution in [3.8, 4) is 0 Å². The van der Waals surface area contributed by atoms with E-state index in [-0.39, 0.29) is 11.4 Å². The number of carbonyl (C=O) groups is 1. The van der Waals surface area contributed by atoms with Crippen LogP contribution in [0.2, 0.25) is 0 Å². The van der Waals surface area contributed by atoms with Crippen LogP contribution >= 0.6 is 0 Å². The van der Waals surface area contributed by atoms with Gasteiger partial charge in [-0.3, -0.25) is 9.69 Å². The van der Waals surface area contributed by atoms with Crippen LogP contribution in [0, 0.1) is 5.92 Å². The van der Waals surface area contributed by atoms with Crippen LogP contribution in [0.15, 0.2) is 0 Å². The van der Waals surface area contributed by atoms with Crippen LogP contribution in [0.3, 0.4) is 0 Å². The molecular formula is C12H24N2O. The normalized spacial score (nSPS) is 23.9. The van der Waals surface area contributed by atoms with Crippen molar-refractivity contribution in [1.29, 1.82) is 0 Å². The molecule has 0 unspecified atom stereocenters. The molecule has 1 amide bonds. The van der Waals surface area contributed by atoms with Crippen LogP contribution in [0.4, 0.5) is 0 Å². The lowest BCUT2D eigenvalue weighted by Crippen LogP contribution is -2.49. The molecule has 0 saturated carbocycles. The minimum atomic E-state index is 0.0860. The van der Waals surface area contributed by atoms with Gasteiger partial charge in [-0.05, 0) is 46.1 Å². The van der Waals surface area contributed by atoms with E-state index in [1.807, 2.05) is 0 Å². The molecule has 3 nitrogen and oxygen atoms in total. The van der Waals surface area contributed by atoms with Crippen molar-refractivity contribution in [2.75, 3.05) is 19.6 Å². The maximum absolute atomic E-state index is 10.8. The van der Waals surface area contributed by atoms with Gasteiger partial charge in [-0.15, -0.1) is 0 Å². The fourth-order valence-electron chi connectivity index (χ4n) is 2.13. The molecule has 1 saturated heterocycles. The third-order valence-electron chi connectivity index (χ3n) is 3.11. The fraction of sp³-hybridized carbons (Fsp3) is 0.917. The summed E-state index contributed by atoms with van der Waals surface area (Å²) in [6.45, 7) is 11.5. The van der Waals surface area contributed by atoms with E-state index >= 15 is 0 Å². The van der Waals surface area contributed by atoms with Gasteiger partial charge >= 0.3 is 0 Å². The zero-order chi connectivity index (χ0) is 11.5. The molecule has 88 valence electrons. The number of piperidine rings is 1. The molecule has 15 heavy (non-hydrogen) atoms. The van der Waals surface area contributed by atoms with Gasteiger partial charge in [0.2, 0.25) is 5.91 Å². The van der Waals surface area contributed by atoms with Gasteiger partial charge in [0.25, 0.3) is 0 Å². The lowest BCUT2D eigenvalue weighted by molar-refractivity contribution is -0.119. The Morgan fingerprint density at radius 1 is 1.47 bits per heavy atom. The molecule has 0 spiro atoms. The van der Waals surface area contributed by atoms with Gasteiger partial charge in [-0.25, -0.2) is 0 Å². The van der Waals surface area contributed by atoms with E-state index in [1.165, 1.54) is 19.4 Å². The van der Waals surface area contributed by atoms with Crippen molar-refractivity contribution in [2.24, 2.45) is 5.92 Å². The smallest absolute Gasteiger partial charge is 0.216 e. The number of likely N-dealkylation sites (tertiary alicyclic amines) is 1. The lowest BCUT2D eigenvalue weighted by Gasteiger charge is -2.41. The predicted octanol–water partition coefficient (Wildman–Crippen LogP) is 1.63. The van der Waals surface area contributed by atoms with Crippen LogP contribution in [0.25, 0.3) is 0 Å². The molecule has 0 aromatic heterocycles. The van der Waals surface area contributed by atoms with Gasteiger partial charge in [-0.1, -0.05) is 0 Å². The third-order valence-corrected chi connectivity index (χ3v) is 3.11. The number of hydrogen-bond acceptors (Lipinski definition) is 2. The summed E-state index contributed by atoms with van der Waals surface area (Å²) in [5, 5.41) is 2.92. The van der Waals surface area contributed by atoms with Crippen molar-refractivity contribution in [1.82, 2.24) is 10.2 Å². The van der Waals surface area contributed by atoms with Crippen molar-refractivity contribution < 1.29 is 4.79 Å². The summed E-state index contributed by atoms with van der Waals surface area (Å²) < 4.78 is 0. The van der Waals surface area contributed by atoms with Crippen LogP contribution in [-0.4, -0.2) is 36.0 Å². The molecular weight excluding hydrogens is 188 g/mol. The van der Waals surface area contributed by atoms with Crippen molar-refractivity contribution in [3.05, 3.63) is 0 Å². The summed E-state index contributed by atoms with van der Waals surface area (Å²) >= 11 is 0. The van der Waals surface area contributed by atoms with E-state index in [4.69, 9.17) is 0 Å². The fourth-order valence-corrected chi connectivity index (χ4v) is 2.13. The molecule has 1 aliphatic rings. The van der Waals surface area contributed by atoms with Gasteiger partial charge < -0.3 is 5.32 Å². The maximum atomic E-state index is 10.8. The molecule has 1 fully saturated rings. The molecule has 1 heterocycles. The quantitative estimate of drug-likeness (QED) is 0.754. The zero-order valence-corrected chi connectivity index (χ0v) is 10.5. The Hall–Kier alpha value is -0.570. The highest BCUT2D eigenvalue weighted by molar-refractivity contribution is 5.72. The summed E-state index contributed by atoms with van der Waals surface area (Å²) in [6.07, 6.45) is 2.49. The largest absolute Gasteiger partial charge is 0.356 e. The standard InChI is InChI=1S/C12H24N2O/c1-10(15)13-8-11-6-5-7-14(9-11)12(2,3)4/h11H,5-9H2,1-4H3,(H,13,15)/t11-/m1/s1. The molecule has 1 N–H and O–H groups in total. The molecule has 3 heteroatoms. The van der Waals surface area contributed by atoms with E-state index < -0.39 is 0 Å². The number of amides is 1. The van der Waals surface area contributed by atoms with E-state index in [0.29, 0.717) is 5.92 Å². The van der Waals surface area contributed by atoms with Gasteiger partial charge in [0.1, 0.15) is 0 Å². The summed E-state index contributed by atoms with van der Waals surface area (Å²) in [5.74, 6) is 0.713. The van der Waals surface area contributed by atoms with Crippen LogP contribution in [0.1, 0.15) is 40.5 Å². The molecule has 0 radical (unpaired) electrons. The topological polar surface area (TPSA) is 32.3 Å². The number of nitrogens with one attached hydrogen (secondary N) is 1. The van der Waals surface area contributed by atoms with Crippen molar-refractivity contribution >= 4 is 5.91 Å². The average molecular weight is 212 g/mol. The summed E-state index contributed by atoms with van der Waals surface area (Å²) in [7, 11) is 0. The maximum Gasteiger partial charge on any atom is 0.216 e. The highest BCUT2D eigenvalue weighted by Crippen LogP contribution is 2.23. The third kappa shape index (κ3) is 4.20. The Morgan fingerprint density at radius 3 is 2.67 bits per heavy atom. The number of rotatable bonds is 2. The minimum Gasteiger partial charge on any atom is -0.356 e. The number of carbonyl (C=O) groups excluding carboxylic acids is 1. The van der Waals surface area contributed by atoms with Crippen molar-refractivity contribution in [3.63, 3.8) is 0 Å². The number of hydrogen-bond donors (Lipinski definition) is 1. The first-order valence-corrected chi connectivity index (χ1v) is 5.89. The second kappa shape index (κ2) is 4.97. The SMILES string of the molecule is CC(=O)NC[C@H]1CCCN(C(C)(C)C)C1. The van der Waals surface area contributed by atoms with Gasteiger partial charge in [0.05, 0.1) is 0 Å². The average Bonchev–Trinajstić information content (AvgIpc) is 2.14. The second-order valence-electron chi connectivity index (χ2n) is 5.56. The Kier molecular flexibility index (Phi) is 4.14. The Balaban J connectivity index is 2.39. The second-order valence-corrected chi connectivity index (χ2v) is 5.56. The van der Waals surface area contributed by atoms with E-state index in [9.17, 15) is 4.79 Å². The summed E-state index contributed by atoms with van der Waals surface area (Å²) in [5.41, 5.74) is 0.259. The minimum absolute atomic E-state index is 0.0860. The Morgan fingerprint density at radius 2 is 2.13 bits per heavy atom.